The third-order valence-electron chi connectivity index (χ3n) is 3.31. The second-order valence-electron chi connectivity index (χ2n) is 4.54. The molecule has 0 aliphatic carbocycles. The Morgan fingerprint density at radius 2 is 1.95 bits per heavy atom. The van der Waals surface area contributed by atoms with Crippen LogP contribution in [0.25, 0.3) is 0 Å². The summed E-state index contributed by atoms with van der Waals surface area (Å²) in [7, 11) is 1.92. The molecule has 2 aromatic rings. The first-order valence-corrected chi connectivity index (χ1v) is 6.91. The van der Waals surface area contributed by atoms with Gasteiger partial charge >= 0.3 is 0 Å². The molecular formula is C15H16BrN3. The monoisotopic (exact) mass is 317 g/mol. The Balaban J connectivity index is 1.96. The van der Waals surface area contributed by atoms with Crippen molar-refractivity contribution in [1.29, 1.82) is 5.26 Å². The number of halogens is 1. The second kappa shape index (κ2) is 6.05. The highest BCUT2D eigenvalue weighted by molar-refractivity contribution is 9.10. The number of nitrogens with one attached hydrogen (secondary N) is 1. The van der Waals surface area contributed by atoms with Crippen molar-refractivity contribution in [3.63, 3.8) is 0 Å². The van der Waals surface area contributed by atoms with Crippen molar-refractivity contribution in [2.75, 3.05) is 0 Å². The van der Waals surface area contributed by atoms with Crippen LogP contribution in [0.1, 0.15) is 22.5 Å². The van der Waals surface area contributed by atoms with Crippen molar-refractivity contribution in [1.82, 2.24) is 9.88 Å². The van der Waals surface area contributed by atoms with E-state index in [0.29, 0.717) is 5.69 Å². The summed E-state index contributed by atoms with van der Waals surface area (Å²) >= 11 is 3.42. The fraction of sp³-hybridized carbons (Fsp3) is 0.267. The molecule has 1 aromatic heterocycles. The van der Waals surface area contributed by atoms with Gasteiger partial charge in [0, 0.05) is 30.3 Å². The Bertz CT molecular complexity index is 606. The van der Waals surface area contributed by atoms with E-state index in [1.807, 2.05) is 36.7 Å². The first kappa shape index (κ1) is 13.9. The summed E-state index contributed by atoms with van der Waals surface area (Å²) in [6, 6.07) is 12.4. The van der Waals surface area contributed by atoms with Crippen LogP contribution in [0.2, 0.25) is 0 Å². The van der Waals surface area contributed by atoms with E-state index >= 15 is 0 Å². The summed E-state index contributed by atoms with van der Waals surface area (Å²) in [6.45, 7) is 3.64. The van der Waals surface area contributed by atoms with Crippen LogP contribution in [0.3, 0.4) is 0 Å². The Morgan fingerprint density at radius 1 is 1.26 bits per heavy atom. The molecule has 1 heterocycles. The van der Waals surface area contributed by atoms with Crippen molar-refractivity contribution in [2.24, 2.45) is 7.05 Å². The lowest BCUT2D eigenvalue weighted by Crippen LogP contribution is -2.13. The van der Waals surface area contributed by atoms with Crippen LogP contribution in [0, 0.1) is 18.3 Å². The zero-order chi connectivity index (χ0) is 13.8. The molecule has 98 valence electrons. The summed E-state index contributed by atoms with van der Waals surface area (Å²) in [5.74, 6) is 0. The average Bonchev–Trinajstić information content (AvgIpc) is 2.69. The van der Waals surface area contributed by atoms with Gasteiger partial charge in [0.1, 0.15) is 11.8 Å². The van der Waals surface area contributed by atoms with E-state index < -0.39 is 0 Å². The Labute approximate surface area is 122 Å². The summed E-state index contributed by atoms with van der Waals surface area (Å²) in [5, 5.41) is 12.4. The van der Waals surface area contributed by atoms with Gasteiger partial charge in [-0.3, -0.25) is 0 Å². The van der Waals surface area contributed by atoms with Crippen LogP contribution >= 0.6 is 15.9 Å². The highest BCUT2D eigenvalue weighted by Crippen LogP contribution is 2.14. The van der Waals surface area contributed by atoms with Crippen molar-refractivity contribution in [3.05, 3.63) is 57.3 Å². The largest absolute Gasteiger partial charge is 0.340 e. The lowest BCUT2D eigenvalue weighted by atomic mass is 10.2. The minimum absolute atomic E-state index is 0.706. The lowest BCUT2D eigenvalue weighted by Gasteiger charge is -2.05. The predicted octanol–water partition coefficient (Wildman–Crippen LogP) is 3.26. The van der Waals surface area contributed by atoms with Crippen LogP contribution in [-0.2, 0) is 20.1 Å². The minimum Gasteiger partial charge on any atom is -0.340 e. The topological polar surface area (TPSA) is 40.8 Å². The molecule has 19 heavy (non-hydrogen) atoms. The predicted molar refractivity (Wildman–Crippen MR) is 79.6 cm³/mol. The van der Waals surface area contributed by atoms with E-state index in [9.17, 15) is 0 Å². The van der Waals surface area contributed by atoms with Gasteiger partial charge in [-0.2, -0.15) is 5.26 Å². The standard InChI is InChI=1S/C15H16BrN3/c1-11-13(7-15(8-17)19(11)2)10-18-9-12-3-5-14(16)6-4-12/h3-7,18H,9-10H2,1-2H3. The summed E-state index contributed by atoms with van der Waals surface area (Å²) in [4.78, 5) is 0. The van der Waals surface area contributed by atoms with E-state index in [-0.39, 0.29) is 0 Å². The van der Waals surface area contributed by atoms with Crippen LogP contribution in [0.15, 0.2) is 34.8 Å². The van der Waals surface area contributed by atoms with E-state index in [0.717, 1.165) is 23.3 Å². The van der Waals surface area contributed by atoms with Gasteiger partial charge in [0.15, 0.2) is 0 Å². The molecule has 4 heteroatoms. The van der Waals surface area contributed by atoms with Crippen molar-refractivity contribution in [3.8, 4) is 6.07 Å². The van der Waals surface area contributed by atoms with Crippen molar-refractivity contribution >= 4 is 15.9 Å². The summed E-state index contributed by atoms with van der Waals surface area (Å²) in [6.07, 6.45) is 0. The second-order valence-corrected chi connectivity index (χ2v) is 5.46. The Morgan fingerprint density at radius 3 is 2.53 bits per heavy atom. The molecule has 0 amide bonds. The molecule has 0 bridgehead atoms. The van der Waals surface area contributed by atoms with E-state index in [4.69, 9.17) is 5.26 Å². The number of aromatic nitrogens is 1. The number of nitriles is 1. The van der Waals surface area contributed by atoms with Gasteiger partial charge in [0.25, 0.3) is 0 Å². The zero-order valence-electron chi connectivity index (χ0n) is 11.1. The van der Waals surface area contributed by atoms with E-state index in [1.54, 1.807) is 0 Å². The highest BCUT2D eigenvalue weighted by Gasteiger charge is 2.07. The normalized spacial score (nSPS) is 10.4. The smallest absolute Gasteiger partial charge is 0.120 e. The maximum atomic E-state index is 8.99. The number of hydrogen-bond donors (Lipinski definition) is 1. The zero-order valence-corrected chi connectivity index (χ0v) is 12.7. The molecule has 1 aromatic carbocycles. The molecule has 2 rings (SSSR count). The fourth-order valence-electron chi connectivity index (χ4n) is 1.99. The molecule has 3 nitrogen and oxygen atoms in total. The molecular weight excluding hydrogens is 302 g/mol. The average molecular weight is 318 g/mol. The molecule has 0 unspecified atom stereocenters. The highest BCUT2D eigenvalue weighted by atomic mass is 79.9. The molecule has 0 saturated heterocycles. The summed E-state index contributed by atoms with van der Waals surface area (Å²) in [5.41, 5.74) is 4.27. The third kappa shape index (κ3) is 3.25. The van der Waals surface area contributed by atoms with E-state index in [2.05, 4.69) is 39.4 Å². The van der Waals surface area contributed by atoms with Crippen LogP contribution in [-0.4, -0.2) is 4.57 Å². The van der Waals surface area contributed by atoms with Gasteiger partial charge in [-0.05, 0) is 36.2 Å². The van der Waals surface area contributed by atoms with Crippen LogP contribution < -0.4 is 5.32 Å². The maximum Gasteiger partial charge on any atom is 0.120 e. The number of hydrogen-bond acceptors (Lipinski definition) is 2. The number of nitrogens with zero attached hydrogens (tertiary/aromatic N) is 2. The molecule has 1 N–H and O–H groups in total. The Hall–Kier alpha value is -1.57. The van der Waals surface area contributed by atoms with Gasteiger partial charge in [-0.15, -0.1) is 0 Å². The molecule has 0 radical (unpaired) electrons. The molecule has 0 fully saturated rings. The van der Waals surface area contributed by atoms with Gasteiger partial charge in [-0.25, -0.2) is 0 Å². The van der Waals surface area contributed by atoms with Gasteiger partial charge in [-0.1, -0.05) is 28.1 Å². The van der Waals surface area contributed by atoms with E-state index in [1.165, 1.54) is 11.1 Å². The Kier molecular flexibility index (Phi) is 4.41. The third-order valence-corrected chi connectivity index (χ3v) is 3.84. The molecule has 0 saturated carbocycles. The van der Waals surface area contributed by atoms with Gasteiger partial charge in [0.2, 0.25) is 0 Å². The fourth-order valence-corrected chi connectivity index (χ4v) is 2.26. The quantitative estimate of drug-likeness (QED) is 0.940. The number of benzene rings is 1. The maximum absolute atomic E-state index is 8.99. The first-order chi connectivity index (χ1) is 9.11. The van der Waals surface area contributed by atoms with Gasteiger partial charge < -0.3 is 9.88 Å². The van der Waals surface area contributed by atoms with Crippen molar-refractivity contribution < 1.29 is 0 Å². The minimum atomic E-state index is 0.706. The molecule has 0 spiro atoms. The number of rotatable bonds is 4. The molecule has 0 aliphatic rings. The molecule has 0 aliphatic heterocycles. The van der Waals surface area contributed by atoms with Crippen LogP contribution in [0.5, 0.6) is 0 Å². The first-order valence-electron chi connectivity index (χ1n) is 6.12. The molecule has 0 atom stereocenters. The SMILES string of the molecule is Cc1c(CNCc2ccc(Br)cc2)cc(C#N)n1C. The summed E-state index contributed by atoms with van der Waals surface area (Å²) < 4.78 is 3.02. The lowest BCUT2D eigenvalue weighted by molar-refractivity contribution is 0.687. The van der Waals surface area contributed by atoms with Crippen LogP contribution in [0.4, 0.5) is 0 Å². The van der Waals surface area contributed by atoms with Gasteiger partial charge in [0.05, 0.1) is 0 Å². The van der Waals surface area contributed by atoms with Crippen molar-refractivity contribution in [2.45, 2.75) is 20.0 Å².